The minimum atomic E-state index is 0.451. The molecule has 3 heteroatoms. The molecule has 3 atom stereocenters. The van der Waals surface area contributed by atoms with Crippen molar-refractivity contribution >= 4 is 5.95 Å². The van der Waals surface area contributed by atoms with Gasteiger partial charge in [0, 0.05) is 17.4 Å². The zero-order chi connectivity index (χ0) is 13.3. The smallest absolute Gasteiger partial charge is 0.223 e. The van der Waals surface area contributed by atoms with Gasteiger partial charge in [0.2, 0.25) is 5.95 Å². The molecule has 3 unspecified atom stereocenters. The fourth-order valence-electron chi connectivity index (χ4n) is 2.69. The van der Waals surface area contributed by atoms with Crippen LogP contribution in [0.1, 0.15) is 57.8 Å². The van der Waals surface area contributed by atoms with Gasteiger partial charge in [-0.15, -0.1) is 0 Å². The molecule has 100 valence electrons. The van der Waals surface area contributed by atoms with Crippen LogP contribution in [0.5, 0.6) is 0 Å². The standard InChI is InChI=1S/C15H25N3/c1-9(2)14-8-11(4)16-15(18-14)17-13-7-6-10(3)12(13)5/h8-10,12-13H,6-7H2,1-5H3,(H,16,17,18). The lowest BCUT2D eigenvalue weighted by Crippen LogP contribution is -2.25. The van der Waals surface area contributed by atoms with E-state index in [0.717, 1.165) is 23.3 Å². The lowest BCUT2D eigenvalue weighted by atomic mass is 9.98. The molecule has 0 spiro atoms. The van der Waals surface area contributed by atoms with E-state index >= 15 is 0 Å². The van der Waals surface area contributed by atoms with Crippen molar-refractivity contribution in [1.82, 2.24) is 9.97 Å². The number of hydrogen-bond acceptors (Lipinski definition) is 3. The van der Waals surface area contributed by atoms with Gasteiger partial charge < -0.3 is 5.32 Å². The molecule has 0 amide bonds. The number of aromatic nitrogens is 2. The zero-order valence-electron chi connectivity index (χ0n) is 12.2. The first-order valence-corrected chi connectivity index (χ1v) is 7.09. The van der Waals surface area contributed by atoms with Gasteiger partial charge in [0.05, 0.1) is 0 Å². The molecule has 0 aliphatic heterocycles. The molecule has 1 aliphatic rings. The van der Waals surface area contributed by atoms with Crippen molar-refractivity contribution in [3.05, 3.63) is 17.5 Å². The van der Waals surface area contributed by atoms with Gasteiger partial charge in [-0.05, 0) is 43.6 Å². The Labute approximate surface area is 110 Å². The van der Waals surface area contributed by atoms with Gasteiger partial charge in [-0.2, -0.15) is 0 Å². The second-order valence-electron chi connectivity index (χ2n) is 6.08. The number of nitrogens with zero attached hydrogens (tertiary/aromatic N) is 2. The minimum absolute atomic E-state index is 0.451. The molecule has 1 fully saturated rings. The summed E-state index contributed by atoms with van der Waals surface area (Å²) in [5, 5.41) is 3.53. The molecule has 0 aromatic carbocycles. The van der Waals surface area contributed by atoms with Crippen molar-refractivity contribution in [2.45, 2.75) is 59.4 Å². The van der Waals surface area contributed by atoms with E-state index in [0.29, 0.717) is 17.9 Å². The molecule has 1 aromatic heterocycles. The third kappa shape index (κ3) is 2.82. The SMILES string of the molecule is Cc1cc(C(C)C)nc(NC2CCC(C)C2C)n1. The fourth-order valence-corrected chi connectivity index (χ4v) is 2.69. The third-order valence-electron chi connectivity index (χ3n) is 4.25. The topological polar surface area (TPSA) is 37.8 Å². The Morgan fingerprint density at radius 1 is 1.22 bits per heavy atom. The Bertz CT molecular complexity index is 414. The highest BCUT2D eigenvalue weighted by Gasteiger charge is 2.30. The van der Waals surface area contributed by atoms with Crippen LogP contribution < -0.4 is 5.32 Å². The molecule has 1 aliphatic carbocycles. The second-order valence-corrected chi connectivity index (χ2v) is 6.08. The molecule has 18 heavy (non-hydrogen) atoms. The summed E-state index contributed by atoms with van der Waals surface area (Å²) < 4.78 is 0. The van der Waals surface area contributed by atoms with Crippen molar-refractivity contribution in [1.29, 1.82) is 0 Å². The molecule has 1 aromatic rings. The van der Waals surface area contributed by atoms with Crippen LogP contribution in [0.3, 0.4) is 0 Å². The molecule has 2 rings (SSSR count). The first-order chi connectivity index (χ1) is 8.47. The second kappa shape index (κ2) is 5.25. The summed E-state index contributed by atoms with van der Waals surface area (Å²) in [4.78, 5) is 9.15. The predicted molar refractivity (Wildman–Crippen MR) is 75.8 cm³/mol. The summed E-state index contributed by atoms with van der Waals surface area (Å²) >= 11 is 0. The number of rotatable bonds is 3. The van der Waals surface area contributed by atoms with Crippen LogP contribution in [0, 0.1) is 18.8 Å². The number of hydrogen-bond donors (Lipinski definition) is 1. The van der Waals surface area contributed by atoms with Gasteiger partial charge in [0.25, 0.3) is 0 Å². The van der Waals surface area contributed by atoms with E-state index in [9.17, 15) is 0 Å². The molecule has 0 saturated heterocycles. The summed E-state index contributed by atoms with van der Waals surface area (Å²) in [6.45, 7) is 11.1. The normalized spacial score (nSPS) is 27.8. The monoisotopic (exact) mass is 247 g/mol. The highest BCUT2D eigenvalue weighted by atomic mass is 15.1. The molecular weight excluding hydrogens is 222 g/mol. The molecule has 0 radical (unpaired) electrons. The maximum atomic E-state index is 4.63. The Morgan fingerprint density at radius 2 is 1.94 bits per heavy atom. The van der Waals surface area contributed by atoms with Gasteiger partial charge in [-0.1, -0.05) is 27.7 Å². The number of anilines is 1. The highest BCUT2D eigenvalue weighted by Crippen LogP contribution is 2.32. The largest absolute Gasteiger partial charge is 0.351 e. The van der Waals surface area contributed by atoms with Crippen molar-refractivity contribution in [2.75, 3.05) is 5.32 Å². The average Bonchev–Trinajstić information content (AvgIpc) is 2.60. The van der Waals surface area contributed by atoms with Gasteiger partial charge in [0.15, 0.2) is 0 Å². The van der Waals surface area contributed by atoms with E-state index in [1.807, 2.05) is 6.92 Å². The van der Waals surface area contributed by atoms with Gasteiger partial charge in [-0.3, -0.25) is 0 Å². The summed E-state index contributed by atoms with van der Waals surface area (Å²) in [6.07, 6.45) is 2.54. The first-order valence-electron chi connectivity index (χ1n) is 7.09. The molecule has 1 heterocycles. The molecule has 0 bridgehead atoms. The summed E-state index contributed by atoms with van der Waals surface area (Å²) in [5.41, 5.74) is 2.18. The van der Waals surface area contributed by atoms with E-state index in [4.69, 9.17) is 0 Å². The third-order valence-corrected chi connectivity index (χ3v) is 4.25. The molecule has 1 saturated carbocycles. The van der Waals surface area contributed by atoms with E-state index in [1.165, 1.54) is 12.8 Å². The van der Waals surface area contributed by atoms with Gasteiger partial charge in [-0.25, -0.2) is 9.97 Å². The number of aryl methyl sites for hydroxylation is 1. The van der Waals surface area contributed by atoms with Gasteiger partial charge in [0.1, 0.15) is 0 Å². The van der Waals surface area contributed by atoms with Crippen molar-refractivity contribution in [2.24, 2.45) is 11.8 Å². The summed E-state index contributed by atoms with van der Waals surface area (Å²) in [7, 11) is 0. The lowest BCUT2D eigenvalue weighted by Gasteiger charge is -2.20. The molecular formula is C15H25N3. The van der Waals surface area contributed by atoms with E-state index < -0.39 is 0 Å². The van der Waals surface area contributed by atoms with Crippen molar-refractivity contribution in [3.63, 3.8) is 0 Å². The maximum absolute atomic E-state index is 4.63. The van der Waals surface area contributed by atoms with Crippen LogP contribution in [0.2, 0.25) is 0 Å². The minimum Gasteiger partial charge on any atom is -0.351 e. The maximum Gasteiger partial charge on any atom is 0.223 e. The van der Waals surface area contributed by atoms with Crippen LogP contribution in [-0.4, -0.2) is 16.0 Å². The Morgan fingerprint density at radius 3 is 2.50 bits per heavy atom. The van der Waals surface area contributed by atoms with Crippen LogP contribution in [-0.2, 0) is 0 Å². The molecule has 3 nitrogen and oxygen atoms in total. The highest BCUT2D eigenvalue weighted by molar-refractivity contribution is 5.31. The Kier molecular flexibility index (Phi) is 3.88. The summed E-state index contributed by atoms with van der Waals surface area (Å²) in [6, 6.07) is 2.61. The van der Waals surface area contributed by atoms with Crippen LogP contribution in [0.4, 0.5) is 5.95 Å². The Hall–Kier alpha value is -1.12. The Balaban J connectivity index is 2.14. The number of nitrogens with one attached hydrogen (secondary N) is 1. The summed E-state index contributed by atoms with van der Waals surface area (Å²) in [5.74, 6) is 2.77. The van der Waals surface area contributed by atoms with Gasteiger partial charge >= 0.3 is 0 Å². The average molecular weight is 247 g/mol. The quantitative estimate of drug-likeness (QED) is 0.884. The fraction of sp³-hybridized carbons (Fsp3) is 0.733. The predicted octanol–water partition coefficient (Wildman–Crippen LogP) is 3.75. The van der Waals surface area contributed by atoms with E-state index in [2.05, 4.69) is 49.0 Å². The van der Waals surface area contributed by atoms with Crippen LogP contribution >= 0.6 is 0 Å². The van der Waals surface area contributed by atoms with Crippen LogP contribution in [0.25, 0.3) is 0 Å². The molecule has 1 N–H and O–H groups in total. The van der Waals surface area contributed by atoms with Crippen molar-refractivity contribution < 1.29 is 0 Å². The van der Waals surface area contributed by atoms with E-state index in [1.54, 1.807) is 0 Å². The lowest BCUT2D eigenvalue weighted by molar-refractivity contribution is 0.434. The van der Waals surface area contributed by atoms with Crippen molar-refractivity contribution in [3.8, 4) is 0 Å². The zero-order valence-corrected chi connectivity index (χ0v) is 12.2. The van der Waals surface area contributed by atoms with E-state index in [-0.39, 0.29) is 0 Å². The van der Waals surface area contributed by atoms with Crippen LogP contribution in [0.15, 0.2) is 6.07 Å². The first kappa shape index (κ1) is 13.3.